The van der Waals surface area contributed by atoms with E-state index in [2.05, 4.69) is 28.8 Å². The molecule has 0 saturated heterocycles. The van der Waals surface area contributed by atoms with Gasteiger partial charge in [-0.3, -0.25) is 14.8 Å². The van der Waals surface area contributed by atoms with Crippen molar-refractivity contribution in [3.63, 3.8) is 0 Å². The molecule has 1 unspecified atom stereocenters. The first kappa shape index (κ1) is 15.6. The molecule has 2 heterocycles. The molecule has 2 aromatic heterocycles. The molecule has 7 nitrogen and oxygen atoms in total. The second-order valence-corrected chi connectivity index (χ2v) is 5.69. The zero-order chi connectivity index (χ0) is 15.2. The molecule has 114 valence electrons. The highest BCUT2D eigenvalue weighted by Crippen LogP contribution is 2.16. The average Bonchev–Trinajstić information content (AvgIpc) is 3.07. The molecular weight excluding hydrogens is 292 g/mol. The second-order valence-electron chi connectivity index (χ2n) is 4.68. The minimum atomic E-state index is -0.644. The van der Waals surface area contributed by atoms with Crippen LogP contribution in [0, 0.1) is 10.1 Å². The monoisotopic (exact) mass is 310 g/mol. The summed E-state index contributed by atoms with van der Waals surface area (Å²) in [6.45, 7) is 3.47. The molecular formula is C13H18N4O3S. The molecule has 0 saturated carbocycles. The van der Waals surface area contributed by atoms with Crippen LogP contribution in [0.2, 0.25) is 0 Å². The highest BCUT2D eigenvalue weighted by Gasteiger charge is 2.12. The number of hydrogen-bond acceptors (Lipinski definition) is 6. The van der Waals surface area contributed by atoms with Crippen molar-refractivity contribution in [2.24, 2.45) is 0 Å². The maximum atomic E-state index is 10.5. The Bertz CT molecular complexity index is 596. The summed E-state index contributed by atoms with van der Waals surface area (Å²) in [5.74, 6) is 0. The van der Waals surface area contributed by atoms with Crippen LogP contribution in [0.1, 0.15) is 17.4 Å². The summed E-state index contributed by atoms with van der Waals surface area (Å²) in [7, 11) is 0. The predicted octanol–water partition coefficient (Wildman–Crippen LogP) is 1.57. The Morgan fingerprint density at radius 3 is 3.10 bits per heavy atom. The number of hydrogen-bond donors (Lipinski definition) is 2. The van der Waals surface area contributed by atoms with Crippen molar-refractivity contribution in [2.45, 2.75) is 32.5 Å². The van der Waals surface area contributed by atoms with E-state index in [0.717, 1.165) is 13.0 Å². The Hall–Kier alpha value is -1.77. The van der Waals surface area contributed by atoms with Gasteiger partial charge in [-0.05, 0) is 23.4 Å². The lowest BCUT2D eigenvalue weighted by Gasteiger charge is -2.11. The summed E-state index contributed by atoms with van der Waals surface area (Å²) in [6.07, 6.45) is 2.85. The molecule has 0 amide bonds. The van der Waals surface area contributed by atoms with Gasteiger partial charge in [-0.2, -0.15) is 5.10 Å². The van der Waals surface area contributed by atoms with Crippen molar-refractivity contribution in [3.8, 4) is 0 Å². The number of aliphatic hydroxyl groups excluding tert-OH is 1. The first-order valence-corrected chi connectivity index (χ1v) is 7.59. The highest BCUT2D eigenvalue weighted by atomic mass is 32.1. The number of aryl methyl sites for hydroxylation is 1. The van der Waals surface area contributed by atoms with Crippen molar-refractivity contribution in [2.75, 3.05) is 6.54 Å². The Morgan fingerprint density at radius 2 is 2.43 bits per heavy atom. The number of rotatable bonds is 8. The van der Waals surface area contributed by atoms with Crippen molar-refractivity contribution in [1.29, 1.82) is 0 Å². The van der Waals surface area contributed by atoms with Crippen molar-refractivity contribution in [3.05, 3.63) is 44.4 Å². The van der Waals surface area contributed by atoms with E-state index in [9.17, 15) is 15.2 Å². The van der Waals surface area contributed by atoms with E-state index in [-0.39, 0.29) is 12.2 Å². The van der Waals surface area contributed by atoms with Crippen LogP contribution in [0.4, 0.5) is 5.69 Å². The third-order valence-electron chi connectivity index (χ3n) is 3.11. The van der Waals surface area contributed by atoms with Crippen LogP contribution in [0.15, 0.2) is 23.8 Å². The summed E-state index contributed by atoms with van der Waals surface area (Å²) < 4.78 is 1.38. The highest BCUT2D eigenvalue weighted by molar-refractivity contribution is 7.10. The first-order chi connectivity index (χ1) is 10.1. The van der Waals surface area contributed by atoms with E-state index in [4.69, 9.17) is 0 Å². The fourth-order valence-corrected chi connectivity index (χ4v) is 2.96. The maximum Gasteiger partial charge on any atom is 0.306 e. The van der Waals surface area contributed by atoms with Gasteiger partial charge in [0.25, 0.3) is 0 Å². The molecule has 0 aromatic carbocycles. The van der Waals surface area contributed by atoms with Crippen molar-refractivity contribution in [1.82, 2.24) is 15.1 Å². The molecule has 0 radical (unpaired) electrons. The van der Waals surface area contributed by atoms with Gasteiger partial charge in [0, 0.05) is 18.0 Å². The SMILES string of the molecule is CCc1ccsc1CNCC(O)Cn1cc([N+](=O)[O-])cn1. The molecule has 2 aromatic rings. The minimum Gasteiger partial charge on any atom is -0.390 e. The van der Waals surface area contributed by atoms with Crippen molar-refractivity contribution < 1.29 is 10.0 Å². The summed E-state index contributed by atoms with van der Waals surface area (Å²) in [5, 5.41) is 29.6. The molecule has 0 aliphatic carbocycles. The average molecular weight is 310 g/mol. The third-order valence-corrected chi connectivity index (χ3v) is 4.08. The minimum absolute atomic E-state index is 0.0682. The van der Waals surface area contributed by atoms with Crippen molar-refractivity contribution >= 4 is 17.0 Å². The number of thiophene rings is 1. The molecule has 8 heteroatoms. The third kappa shape index (κ3) is 4.35. The lowest BCUT2D eigenvalue weighted by molar-refractivity contribution is -0.385. The Kier molecular flexibility index (Phi) is 5.43. The second kappa shape index (κ2) is 7.30. The van der Waals surface area contributed by atoms with E-state index in [1.807, 2.05) is 0 Å². The van der Waals surface area contributed by atoms with E-state index in [1.54, 1.807) is 11.3 Å². The lowest BCUT2D eigenvalue weighted by atomic mass is 10.2. The fourth-order valence-electron chi connectivity index (χ4n) is 2.02. The summed E-state index contributed by atoms with van der Waals surface area (Å²) >= 11 is 1.70. The Balaban J connectivity index is 1.76. The van der Waals surface area contributed by atoms with Gasteiger partial charge in [0.1, 0.15) is 12.4 Å². The molecule has 0 fully saturated rings. The van der Waals surface area contributed by atoms with Gasteiger partial charge in [-0.25, -0.2) is 0 Å². The zero-order valence-corrected chi connectivity index (χ0v) is 12.5. The lowest BCUT2D eigenvalue weighted by Crippen LogP contribution is -2.30. The number of aliphatic hydroxyl groups is 1. The van der Waals surface area contributed by atoms with Gasteiger partial charge in [0.2, 0.25) is 0 Å². The fraction of sp³-hybridized carbons (Fsp3) is 0.462. The molecule has 1 atom stereocenters. The van der Waals surface area contributed by atoms with Crippen LogP contribution in [0.25, 0.3) is 0 Å². The summed E-state index contributed by atoms with van der Waals surface area (Å²) in [6, 6.07) is 2.11. The number of nitrogens with one attached hydrogen (secondary N) is 1. The Labute approximate surface area is 126 Å². The van der Waals surface area contributed by atoms with Gasteiger partial charge in [-0.1, -0.05) is 6.92 Å². The standard InChI is InChI=1S/C13H18N4O3S/c1-2-10-3-4-21-13(10)7-14-6-12(18)9-16-8-11(5-15-16)17(19)20/h3-5,8,12,14,18H,2,6-7,9H2,1H3. The van der Waals surface area contributed by atoms with Gasteiger partial charge < -0.3 is 10.4 Å². The Morgan fingerprint density at radius 1 is 1.62 bits per heavy atom. The smallest absolute Gasteiger partial charge is 0.306 e. The summed E-state index contributed by atoms with van der Waals surface area (Å²) in [4.78, 5) is 11.3. The van der Waals surface area contributed by atoms with Gasteiger partial charge >= 0.3 is 5.69 Å². The topological polar surface area (TPSA) is 93.2 Å². The normalized spacial score (nSPS) is 12.5. The van der Waals surface area contributed by atoms with Crippen LogP contribution < -0.4 is 5.32 Å². The molecule has 21 heavy (non-hydrogen) atoms. The summed E-state index contributed by atoms with van der Waals surface area (Å²) in [5.41, 5.74) is 1.26. The van der Waals surface area contributed by atoms with Crippen LogP contribution in [0.3, 0.4) is 0 Å². The molecule has 0 bridgehead atoms. The number of nitro groups is 1. The quantitative estimate of drug-likeness (QED) is 0.570. The molecule has 2 rings (SSSR count). The number of aromatic nitrogens is 2. The van der Waals surface area contributed by atoms with Crippen LogP contribution in [-0.4, -0.2) is 32.5 Å². The van der Waals surface area contributed by atoms with Crippen LogP contribution in [-0.2, 0) is 19.5 Å². The van der Waals surface area contributed by atoms with E-state index in [1.165, 1.54) is 27.5 Å². The van der Waals surface area contributed by atoms with E-state index >= 15 is 0 Å². The van der Waals surface area contributed by atoms with Crippen LogP contribution in [0.5, 0.6) is 0 Å². The van der Waals surface area contributed by atoms with Gasteiger partial charge in [-0.15, -0.1) is 11.3 Å². The number of nitrogens with zero attached hydrogens (tertiary/aromatic N) is 3. The molecule has 2 N–H and O–H groups in total. The maximum absolute atomic E-state index is 10.5. The van der Waals surface area contributed by atoms with Gasteiger partial charge in [0.05, 0.1) is 17.6 Å². The largest absolute Gasteiger partial charge is 0.390 e. The van der Waals surface area contributed by atoms with E-state index in [0.29, 0.717) is 6.54 Å². The van der Waals surface area contributed by atoms with Gasteiger partial charge in [0.15, 0.2) is 0 Å². The first-order valence-electron chi connectivity index (χ1n) is 6.71. The van der Waals surface area contributed by atoms with E-state index < -0.39 is 11.0 Å². The molecule has 0 aliphatic heterocycles. The zero-order valence-electron chi connectivity index (χ0n) is 11.7. The predicted molar refractivity (Wildman–Crippen MR) is 80.3 cm³/mol. The van der Waals surface area contributed by atoms with Crippen LogP contribution >= 0.6 is 11.3 Å². The molecule has 0 spiro atoms. The molecule has 0 aliphatic rings.